The van der Waals surface area contributed by atoms with Crippen molar-refractivity contribution in [1.29, 1.82) is 0 Å². The van der Waals surface area contributed by atoms with Crippen LogP contribution in [0.4, 0.5) is 0 Å². The van der Waals surface area contributed by atoms with Crippen LogP contribution in [0, 0.1) is 11.8 Å². The molecule has 0 heterocycles. The van der Waals surface area contributed by atoms with E-state index in [9.17, 15) is 4.79 Å². The highest BCUT2D eigenvalue weighted by Crippen LogP contribution is 2.11. The quantitative estimate of drug-likeness (QED) is 0.693. The van der Waals surface area contributed by atoms with Crippen LogP contribution >= 0.6 is 0 Å². The highest BCUT2D eigenvalue weighted by molar-refractivity contribution is 5.85. The van der Waals surface area contributed by atoms with E-state index < -0.39 is 5.97 Å². The summed E-state index contributed by atoms with van der Waals surface area (Å²) in [4.78, 5) is 10.4. The van der Waals surface area contributed by atoms with Gasteiger partial charge in [0.2, 0.25) is 0 Å². The van der Waals surface area contributed by atoms with Crippen molar-refractivity contribution in [3.05, 3.63) is 71.3 Å². The zero-order chi connectivity index (χ0) is 15.1. The third kappa shape index (κ3) is 4.55. The largest absolute Gasteiger partial charge is 0.497 e. The lowest BCUT2D eigenvalue weighted by Gasteiger charge is -1.97. The molecule has 0 aliphatic carbocycles. The molecule has 104 valence electrons. The van der Waals surface area contributed by atoms with E-state index >= 15 is 0 Å². The van der Waals surface area contributed by atoms with Gasteiger partial charge in [-0.25, -0.2) is 4.79 Å². The maximum absolute atomic E-state index is 10.4. The van der Waals surface area contributed by atoms with Gasteiger partial charge in [-0.15, -0.1) is 0 Å². The third-order valence-corrected chi connectivity index (χ3v) is 2.77. The van der Waals surface area contributed by atoms with E-state index in [-0.39, 0.29) is 0 Å². The van der Waals surface area contributed by atoms with Crippen molar-refractivity contribution in [2.24, 2.45) is 0 Å². The first kappa shape index (κ1) is 14.4. The molecule has 1 N–H and O–H groups in total. The second-order valence-electron chi connectivity index (χ2n) is 4.27. The van der Waals surface area contributed by atoms with Crippen molar-refractivity contribution in [3.63, 3.8) is 0 Å². The number of aliphatic carboxylic acids is 1. The average Bonchev–Trinajstić information content (AvgIpc) is 2.52. The van der Waals surface area contributed by atoms with Crippen molar-refractivity contribution in [2.75, 3.05) is 7.11 Å². The fourth-order valence-electron chi connectivity index (χ4n) is 1.66. The van der Waals surface area contributed by atoms with Gasteiger partial charge in [0.15, 0.2) is 0 Å². The zero-order valence-corrected chi connectivity index (χ0v) is 11.5. The van der Waals surface area contributed by atoms with Gasteiger partial charge >= 0.3 is 5.97 Å². The monoisotopic (exact) mass is 278 g/mol. The van der Waals surface area contributed by atoms with E-state index in [4.69, 9.17) is 9.84 Å². The molecular formula is C18H14O3. The number of hydrogen-bond donors (Lipinski definition) is 1. The predicted molar refractivity (Wildman–Crippen MR) is 82.1 cm³/mol. The minimum Gasteiger partial charge on any atom is -0.497 e. The molecule has 0 spiro atoms. The molecular weight excluding hydrogens is 264 g/mol. The zero-order valence-electron chi connectivity index (χ0n) is 11.5. The summed E-state index contributed by atoms with van der Waals surface area (Å²) < 4.78 is 5.09. The minimum atomic E-state index is -0.960. The van der Waals surface area contributed by atoms with Crippen LogP contribution in [-0.2, 0) is 4.79 Å². The van der Waals surface area contributed by atoms with Gasteiger partial charge in [-0.3, -0.25) is 0 Å². The first-order valence-corrected chi connectivity index (χ1v) is 6.34. The topological polar surface area (TPSA) is 46.5 Å². The van der Waals surface area contributed by atoms with E-state index in [0.717, 1.165) is 28.5 Å². The number of rotatable bonds is 3. The highest BCUT2D eigenvalue weighted by atomic mass is 16.5. The summed E-state index contributed by atoms with van der Waals surface area (Å²) in [5.41, 5.74) is 2.61. The fourth-order valence-corrected chi connectivity index (χ4v) is 1.66. The summed E-state index contributed by atoms with van der Waals surface area (Å²) in [5.74, 6) is 5.96. The summed E-state index contributed by atoms with van der Waals surface area (Å²) in [5, 5.41) is 8.56. The Labute approximate surface area is 123 Å². The number of carbonyl (C=O) groups is 1. The van der Waals surface area contributed by atoms with Gasteiger partial charge in [0.05, 0.1) is 7.11 Å². The summed E-state index contributed by atoms with van der Waals surface area (Å²) in [6.45, 7) is 0. The molecule has 2 aromatic carbocycles. The van der Waals surface area contributed by atoms with Gasteiger partial charge in [0.25, 0.3) is 0 Å². The molecule has 3 nitrogen and oxygen atoms in total. The minimum absolute atomic E-state index is 0.801. The number of hydrogen-bond acceptors (Lipinski definition) is 2. The Morgan fingerprint density at radius 1 is 1.00 bits per heavy atom. The molecule has 0 saturated carbocycles. The number of carboxylic acid groups (broad SMARTS) is 1. The van der Waals surface area contributed by atoms with Gasteiger partial charge in [0, 0.05) is 17.2 Å². The maximum Gasteiger partial charge on any atom is 0.328 e. The van der Waals surface area contributed by atoms with Crippen molar-refractivity contribution < 1.29 is 14.6 Å². The Bertz CT molecular complexity index is 699. The van der Waals surface area contributed by atoms with E-state index in [1.165, 1.54) is 0 Å². The van der Waals surface area contributed by atoms with Gasteiger partial charge in [-0.1, -0.05) is 24.0 Å². The van der Waals surface area contributed by atoms with Gasteiger partial charge in [-0.05, 0) is 48.0 Å². The molecule has 0 aliphatic rings. The van der Waals surface area contributed by atoms with Crippen molar-refractivity contribution in [2.45, 2.75) is 0 Å². The average molecular weight is 278 g/mol. The molecule has 0 aliphatic heterocycles. The van der Waals surface area contributed by atoms with E-state index in [1.807, 2.05) is 48.5 Å². The SMILES string of the molecule is COc1ccc(C#Cc2ccc(/C=C/C(=O)O)cc2)cc1. The van der Waals surface area contributed by atoms with Gasteiger partial charge in [0.1, 0.15) is 5.75 Å². The molecule has 0 radical (unpaired) electrons. The second-order valence-corrected chi connectivity index (χ2v) is 4.27. The molecule has 0 fully saturated rings. The van der Waals surface area contributed by atoms with Crippen LogP contribution in [0.3, 0.4) is 0 Å². The summed E-state index contributed by atoms with van der Waals surface area (Å²) in [6.07, 6.45) is 2.65. The van der Waals surface area contributed by atoms with Gasteiger partial charge in [-0.2, -0.15) is 0 Å². The van der Waals surface area contributed by atoms with Crippen LogP contribution in [0.5, 0.6) is 5.75 Å². The van der Waals surface area contributed by atoms with E-state index in [2.05, 4.69) is 11.8 Å². The summed E-state index contributed by atoms with van der Waals surface area (Å²) in [6, 6.07) is 14.9. The van der Waals surface area contributed by atoms with Crippen LogP contribution in [-0.4, -0.2) is 18.2 Å². The van der Waals surface area contributed by atoms with E-state index in [0.29, 0.717) is 0 Å². The molecule has 0 saturated heterocycles. The molecule has 0 atom stereocenters. The Morgan fingerprint density at radius 3 is 2.00 bits per heavy atom. The Morgan fingerprint density at radius 2 is 1.52 bits per heavy atom. The fraction of sp³-hybridized carbons (Fsp3) is 0.0556. The normalized spacial score (nSPS) is 9.95. The van der Waals surface area contributed by atoms with Crippen LogP contribution in [0.25, 0.3) is 6.08 Å². The molecule has 2 aromatic rings. The van der Waals surface area contributed by atoms with E-state index in [1.54, 1.807) is 13.2 Å². The number of ether oxygens (including phenoxy) is 1. The standard InChI is InChI=1S/C18H14O3/c1-21-17-11-8-16(9-12-17)7-4-14-2-5-15(6-3-14)10-13-18(19)20/h2-3,5-6,8-13H,1H3,(H,19,20)/b13-10+. The maximum atomic E-state index is 10.4. The molecule has 0 bridgehead atoms. The lowest BCUT2D eigenvalue weighted by molar-refractivity contribution is -0.131. The smallest absolute Gasteiger partial charge is 0.328 e. The molecule has 2 rings (SSSR count). The molecule has 0 aromatic heterocycles. The number of benzene rings is 2. The van der Waals surface area contributed by atoms with Crippen LogP contribution in [0.15, 0.2) is 54.6 Å². The molecule has 21 heavy (non-hydrogen) atoms. The predicted octanol–water partition coefficient (Wildman–Crippen LogP) is 3.19. The molecule has 0 amide bonds. The third-order valence-electron chi connectivity index (χ3n) is 2.77. The highest BCUT2D eigenvalue weighted by Gasteiger charge is 1.92. The lowest BCUT2D eigenvalue weighted by atomic mass is 10.1. The Balaban J connectivity index is 2.09. The van der Waals surface area contributed by atoms with Crippen molar-refractivity contribution in [3.8, 4) is 17.6 Å². The van der Waals surface area contributed by atoms with Gasteiger partial charge < -0.3 is 9.84 Å². The van der Waals surface area contributed by atoms with Crippen LogP contribution in [0.2, 0.25) is 0 Å². The molecule has 0 unspecified atom stereocenters. The number of carboxylic acids is 1. The van der Waals surface area contributed by atoms with Crippen molar-refractivity contribution >= 4 is 12.0 Å². The van der Waals surface area contributed by atoms with Crippen LogP contribution < -0.4 is 4.74 Å². The Kier molecular flexibility index (Phi) is 4.79. The number of methoxy groups -OCH3 is 1. The first-order chi connectivity index (χ1) is 10.2. The van der Waals surface area contributed by atoms with Crippen molar-refractivity contribution in [1.82, 2.24) is 0 Å². The summed E-state index contributed by atoms with van der Waals surface area (Å²) >= 11 is 0. The lowest BCUT2D eigenvalue weighted by Crippen LogP contribution is -1.85. The Hall–Kier alpha value is -2.99. The first-order valence-electron chi connectivity index (χ1n) is 6.34. The molecule has 3 heteroatoms. The van der Waals surface area contributed by atoms with Crippen LogP contribution in [0.1, 0.15) is 16.7 Å². The summed E-state index contributed by atoms with van der Waals surface area (Å²) in [7, 11) is 1.63. The second kappa shape index (κ2) is 6.97.